The zero-order valence-corrected chi connectivity index (χ0v) is 14.0. The minimum atomic E-state index is -1.33. The number of hydrogen-bond acceptors (Lipinski definition) is 0. The fourth-order valence-electron chi connectivity index (χ4n) is 1.63. The van der Waals surface area contributed by atoms with Gasteiger partial charge in [-0.2, -0.15) is 0 Å². The highest BCUT2D eigenvalue weighted by Gasteiger charge is 2.21. The predicted molar refractivity (Wildman–Crippen MR) is 84.6 cm³/mol. The van der Waals surface area contributed by atoms with E-state index in [0.717, 1.165) is 0 Å². The molecule has 1 aromatic carbocycles. The summed E-state index contributed by atoms with van der Waals surface area (Å²) in [5, 5.41) is 1.44. The van der Waals surface area contributed by atoms with Crippen LogP contribution in [0.5, 0.6) is 0 Å². The molecule has 0 bridgehead atoms. The maximum Gasteiger partial charge on any atom is 0.0883 e. The topological polar surface area (TPSA) is 0 Å². The van der Waals surface area contributed by atoms with Gasteiger partial charge in [0, 0.05) is 0 Å². The van der Waals surface area contributed by atoms with E-state index in [4.69, 9.17) is 0 Å². The Bertz CT molecular complexity index is 424. The molecule has 0 nitrogen and oxygen atoms in total. The summed E-state index contributed by atoms with van der Waals surface area (Å²) in [6, 6.07) is 10.7. The van der Waals surface area contributed by atoms with E-state index in [0.29, 0.717) is 0 Å². The largest absolute Gasteiger partial charge is 0.130 e. The summed E-state index contributed by atoms with van der Waals surface area (Å²) in [4.78, 5) is 0. The van der Waals surface area contributed by atoms with Crippen LogP contribution in [-0.4, -0.2) is 16.1 Å². The van der Waals surface area contributed by atoms with Gasteiger partial charge in [-0.1, -0.05) is 75.3 Å². The Balaban J connectivity index is 3.30. The zero-order chi connectivity index (χ0) is 13.1. The lowest BCUT2D eigenvalue weighted by atomic mass is 10.2. The Hall–Kier alpha value is -0.826. The van der Waals surface area contributed by atoms with Crippen LogP contribution < -0.4 is 0 Å². The first-order valence-electron chi connectivity index (χ1n) is 6.24. The highest BCUT2D eigenvalue weighted by Crippen LogP contribution is 2.24. The number of benzene rings is 1. The zero-order valence-electron chi connectivity index (χ0n) is 12.0. The van der Waals surface area contributed by atoms with E-state index in [9.17, 15) is 0 Å². The van der Waals surface area contributed by atoms with Crippen LogP contribution in [0.4, 0.5) is 0 Å². The Labute approximate surface area is 108 Å². The molecule has 0 aliphatic heterocycles. The molecule has 0 fully saturated rings. The van der Waals surface area contributed by atoms with Gasteiger partial charge in [-0.05, 0) is 10.8 Å². The third kappa shape index (κ3) is 4.90. The maximum absolute atomic E-state index is 3.63. The van der Waals surface area contributed by atoms with E-state index < -0.39 is 16.1 Å². The van der Waals surface area contributed by atoms with Crippen LogP contribution in [0.25, 0.3) is 5.20 Å². The van der Waals surface area contributed by atoms with Crippen LogP contribution in [0.15, 0.2) is 41.8 Å². The molecule has 1 rings (SSSR count). The van der Waals surface area contributed by atoms with Crippen LogP contribution in [-0.2, 0) is 0 Å². The summed E-state index contributed by atoms with van der Waals surface area (Å²) in [5.74, 6) is 0. The summed E-state index contributed by atoms with van der Waals surface area (Å²) in [7, 11) is -2.50. The van der Waals surface area contributed by atoms with E-state index in [-0.39, 0.29) is 0 Å². The van der Waals surface area contributed by atoms with Crippen molar-refractivity contribution in [1.29, 1.82) is 0 Å². The second-order valence-corrected chi connectivity index (χ2v) is 16.7. The molecule has 2 heteroatoms. The van der Waals surface area contributed by atoms with E-state index in [1.54, 1.807) is 0 Å². The molecule has 17 heavy (non-hydrogen) atoms. The molecule has 0 aromatic heterocycles. The Morgan fingerprint density at radius 2 is 1.47 bits per heavy atom. The van der Waals surface area contributed by atoms with Crippen molar-refractivity contribution >= 4 is 21.3 Å². The van der Waals surface area contributed by atoms with Crippen LogP contribution >= 0.6 is 0 Å². The smallest absolute Gasteiger partial charge is 0.0883 e. The van der Waals surface area contributed by atoms with Gasteiger partial charge < -0.3 is 0 Å². The van der Waals surface area contributed by atoms with Gasteiger partial charge in [-0.3, -0.25) is 0 Å². The van der Waals surface area contributed by atoms with Crippen molar-refractivity contribution in [1.82, 2.24) is 0 Å². The summed E-state index contributed by atoms with van der Waals surface area (Å²) in [5.41, 5.74) is 7.32. The van der Waals surface area contributed by atoms with Crippen molar-refractivity contribution in [3.8, 4) is 0 Å². The molecular weight excluding hydrogens is 236 g/mol. The van der Waals surface area contributed by atoms with Gasteiger partial charge in [0.25, 0.3) is 0 Å². The number of rotatable bonds is 3. The first-order chi connectivity index (χ1) is 7.70. The van der Waals surface area contributed by atoms with Gasteiger partial charge in [-0.25, -0.2) is 0 Å². The first-order valence-corrected chi connectivity index (χ1v) is 13.3. The highest BCUT2D eigenvalue weighted by atomic mass is 28.3. The van der Waals surface area contributed by atoms with Gasteiger partial charge >= 0.3 is 0 Å². The summed E-state index contributed by atoms with van der Waals surface area (Å²) in [6.45, 7) is 14.2. The second-order valence-electron chi connectivity index (χ2n) is 6.65. The Morgan fingerprint density at radius 3 is 1.88 bits per heavy atom. The Morgan fingerprint density at radius 1 is 0.941 bits per heavy atom. The molecule has 0 unspecified atom stereocenters. The quantitative estimate of drug-likeness (QED) is 0.531. The minimum absolute atomic E-state index is 1.17. The Kier molecular flexibility index (Phi) is 4.37. The van der Waals surface area contributed by atoms with E-state index in [1.807, 2.05) is 0 Å². The average Bonchev–Trinajstić information content (AvgIpc) is 2.15. The first kappa shape index (κ1) is 14.2. The predicted octanol–water partition coefficient (Wildman–Crippen LogP) is 4.98. The lowest BCUT2D eigenvalue weighted by molar-refractivity contribution is 1.62. The van der Waals surface area contributed by atoms with Crippen molar-refractivity contribution < 1.29 is 0 Å². The number of hydrogen-bond donors (Lipinski definition) is 0. The minimum Gasteiger partial charge on any atom is -0.130 e. The molecule has 0 aliphatic carbocycles. The molecule has 92 valence electrons. The molecule has 0 spiro atoms. The van der Waals surface area contributed by atoms with E-state index in [2.05, 4.69) is 81.0 Å². The van der Waals surface area contributed by atoms with Gasteiger partial charge in [0.05, 0.1) is 16.1 Å². The van der Waals surface area contributed by atoms with Crippen molar-refractivity contribution in [2.75, 3.05) is 0 Å². The third-order valence-electron chi connectivity index (χ3n) is 2.46. The SMILES string of the molecule is C[Si](C)(C)C=C=C(c1ccccc1)[Si](C)(C)C. The third-order valence-corrected chi connectivity index (χ3v) is 5.41. The van der Waals surface area contributed by atoms with Gasteiger partial charge in [0.15, 0.2) is 0 Å². The molecule has 0 aliphatic rings. The molecule has 0 saturated carbocycles. The molecule has 1 aromatic rings. The molecule has 0 saturated heterocycles. The lowest BCUT2D eigenvalue weighted by Gasteiger charge is -2.19. The summed E-state index contributed by atoms with van der Waals surface area (Å²) < 4.78 is 0. The summed E-state index contributed by atoms with van der Waals surface area (Å²) >= 11 is 0. The van der Waals surface area contributed by atoms with Gasteiger partial charge in [0.1, 0.15) is 0 Å². The molecule has 0 amide bonds. The van der Waals surface area contributed by atoms with E-state index in [1.165, 1.54) is 10.8 Å². The molecule has 0 radical (unpaired) electrons. The maximum atomic E-state index is 3.63. The van der Waals surface area contributed by atoms with Crippen LogP contribution in [0, 0.1) is 0 Å². The van der Waals surface area contributed by atoms with Crippen molar-refractivity contribution in [2.24, 2.45) is 0 Å². The fourth-order valence-corrected chi connectivity index (χ4v) is 3.89. The van der Waals surface area contributed by atoms with Crippen LogP contribution in [0.3, 0.4) is 0 Å². The van der Waals surface area contributed by atoms with Gasteiger partial charge in [0.2, 0.25) is 0 Å². The normalized spacial score (nSPS) is 11.9. The highest BCUT2D eigenvalue weighted by molar-refractivity contribution is 6.93. The summed E-state index contributed by atoms with van der Waals surface area (Å²) in [6.07, 6.45) is 0. The molecular formula is C15H24Si2. The molecule has 0 atom stereocenters. The standard InChI is InChI=1S/C15H24Si2/c1-16(2,3)13-12-15(17(4,5)6)14-10-8-7-9-11-14/h7-11,13H,1-6H3. The van der Waals surface area contributed by atoms with Crippen molar-refractivity contribution in [3.63, 3.8) is 0 Å². The monoisotopic (exact) mass is 260 g/mol. The molecule has 0 N–H and O–H groups in total. The lowest BCUT2D eigenvalue weighted by Crippen LogP contribution is -2.23. The van der Waals surface area contributed by atoms with Crippen molar-refractivity contribution in [2.45, 2.75) is 39.3 Å². The van der Waals surface area contributed by atoms with Gasteiger partial charge in [-0.15, -0.1) is 5.73 Å². The van der Waals surface area contributed by atoms with Crippen LogP contribution in [0.1, 0.15) is 5.56 Å². The second kappa shape index (κ2) is 5.22. The van der Waals surface area contributed by atoms with Crippen molar-refractivity contribution in [3.05, 3.63) is 47.3 Å². The fraction of sp³-hybridized carbons (Fsp3) is 0.400. The average molecular weight is 261 g/mol. The van der Waals surface area contributed by atoms with Crippen LogP contribution in [0.2, 0.25) is 39.3 Å². The van der Waals surface area contributed by atoms with E-state index >= 15 is 0 Å². The molecule has 0 heterocycles.